The van der Waals surface area contributed by atoms with E-state index in [1.54, 1.807) is 0 Å². The van der Waals surface area contributed by atoms with Crippen LogP contribution in [-0.2, 0) is 28.5 Å². The third kappa shape index (κ3) is 12.9. The Morgan fingerprint density at radius 2 is 0.833 bits per heavy atom. The van der Waals surface area contributed by atoms with E-state index in [9.17, 15) is 9.59 Å². The fourth-order valence-corrected chi connectivity index (χ4v) is 5.25. The van der Waals surface area contributed by atoms with E-state index < -0.39 is 12.2 Å². The van der Waals surface area contributed by atoms with Gasteiger partial charge in [-0.05, 0) is 12.8 Å². The van der Waals surface area contributed by atoms with Crippen LogP contribution in [0.5, 0.6) is 0 Å². The number of esters is 2. The molecule has 0 bridgehead atoms. The van der Waals surface area contributed by atoms with Crippen LogP contribution in [0.15, 0.2) is 0 Å². The molecule has 0 aromatic heterocycles. The fourth-order valence-electron chi connectivity index (χ4n) is 5.25. The summed E-state index contributed by atoms with van der Waals surface area (Å²) < 4.78 is 22.9. The molecule has 0 aromatic carbocycles. The maximum Gasteiger partial charge on any atom is 0.306 e. The molecule has 36 heavy (non-hydrogen) atoms. The van der Waals surface area contributed by atoms with Crippen molar-refractivity contribution >= 4 is 11.9 Å². The Morgan fingerprint density at radius 3 is 1.17 bits per heavy atom. The van der Waals surface area contributed by atoms with Gasteiger partial charge in [-0.1, -0.05) is 117 Å². The second kappa shape index (κ2) is 19.9. The molecule has 6 heteroatoms. The first-order valence-corrected chi connectivity index (χ1v) is 15.3. The Morgan fingerprint density at radius 1 is 0.528 bits per heavy atom. The quantitative estimate of drug-likeness (QED) is 0.111. The Kier molecular flexibility index (Phi) is 17.2. The lowest BCUT2D eigenvalue weighted by atomic mass is 10.1. The van der Waals surface area contributed by atoms with E-state index in [0.717, 1.165) is 25.7 Å². The van der Waals surface area contributed by atoms with Gasteiger partial charge in [0.25, 0.3) is 0 Å². The van der Waals surface area contributed by atoms with Gasteiger partial charge in [0.05, 0.1) is 13.2 Å². The first-order valence-electron chi connectivity index (χ1n) is 15.3. The Bertz CT molecular complexity index is 530. The highest BCUT2D eigenvalue weighted by Crippen LogP contribution is 2.31. The predicted molar refractivity (Wildman–Crippen MR) is 143 cm³/mol. The minimum atomic E-state index is -0.401. The van der Waals surface area contributed by atoms with Crippen molar-refractivity contribution in [1.82, 2.24) is 0 Å². The first-order chi connectivity index (χ1) is 17.7. The van der Waals surface area contributed by atoms with Gasteiger partial charge in [-0.25, -0.2) is 0 Å². The summed E-state index contributed by atoms with van der Waals surface area (Å²) in [4.78, 5) is 24.6. The molecule has 2 aliphatic heterocycles. The van der Waals surface area contributed by atoms with Gasteiger partial charge in [0.2, 0.25) is 0 Å². The lowest BCUT2D eigenvalue weighted by Crippen LogP contribution is -2.35. The first kappa shape index (κ1) is 31.1. The minimum Gasteiger partial charge on any atom is -0.457 e. The summed E-state index contributed by atoms with van der Waals surface area (Å²) in [6.07, 6.45) is 21.4. The highest BCUT2D eigenvalue weighted by atomic mass is 16.7. The molecular formula is C30H54O6. The smallest absolute Gasteiger partial charge is 0.306 e. The summed E-state index contributed by atoms with van der Waals surface area (Å²) in [7, 11) is 0. The van der Waals surface area contributed by atoms with Gasteiger partial charge in [0, 0.05) is 12.8 Å². The molecule has 210 valence electrons. The van der Waals surface area contributed by atoms with Crippen LogP contribution in [0.2, 0.25) is 0 Å². The average Bonchev–Trinajstić information content (AvgIpc) is 3.45. The molecule has 2 aliphatic rings. The van der Waals surface area contributed by atoms with Gasteiger partial charge in [0.1, 0.15) is 12.2 Å². The molecule has 2 heterocycles. The number of carbonyl (C=O) groups excluding carboxylic acids is 2. The molecule has 0 saturated carbocycles. The molecule has 2 saturated heterocycles. The molecule has 2 rings (SSSR count). The van der Waals surface area contributed by atoms with Gasteiger partial charge in [-0.2, -0.15) is 0 Å². The number of ether oxygens (including phenoxy) is 4. The van der Waals surface area contributed by atoms with Crippen molar-refractivity contribution in [1.29, 1.82) is 0 Å². The molecular weight excluding hydrogens is 456 g/mol. The Labute approximate surface area is 220 Å². The Balaban J connectivity index is 1.49. The largest absolute Gasteiger partial charge is 0.457 e. The number of hydrogen-bond acceptors (Lipinski definition) is 6. The van der Waals surface area contributed by atoms with E-state index in [2.05, 4.69) is 13.8 Å². The summed E-state index contributed by atoms with van der Waals surface area (Å²) in [5, 5.41) is 0. The van der Waals surface area contributed by atoms with Crippen LogP contribution in [0.4, 0.5) is 0 Å². The van der Waals surface area contributed by atoms with Gasteiger partial charge >= 0.3 is 11.9 Å². The van der Waals surface area contributed by atoms with E-state index in [-0.39, 0.29) is 24.1 Å². The van der Waals surface area contributed by atoms with Crippen LogP contribution < -0.4 is 0 Å². The van der Waals surface area contributed by atoms with Crippen molar-refractivity contribution in [3.63, 3.8) is 0 Å². The summed E-state index contributed by atoms with van der Waals surface area (Å²) in [6, 6.07) is 0. The summed E-state index contributed by atoms with van der Waals surface area (Å²) in [5.74, 6) is -0.358. The molecule has 2 fully saturated rings. The highest BCUT2D eigenvalue weighted by molar-refractivity contribution is 5.70. The molecule has 0 spiro atoms. The van der Waals surface area contributed by atoms with Crippen molar-refractivity contribution in [2.24, 2.45) is 0 Å². The van der Waals surface area contributed by atoms with Crippen LogP contribution in [0.25, 0.3) is 0 Å². The molecule has 6 nitrogen and oxygen atoms in total. The second-order valence-corrected chi connectivity index (χ2v) is 10.8. The highest BCUT2D eigenvalue weighted by Gasteiger charge is 2.51. The molecule has 0 radical (unpaired) electrons. The molecule has 4 atom stereocenters. The van der Waals surface area contributed by atoms with Crippen LogP contribution >= 0.6 is 0 Å². The molecule has 1 unspecified atom stereocenters. The van der Waals surface area contributed by atoms with Crippen molar-refractivity contribution in [3.05, 3.63) is 0 Å². The van der Waals surface area contributed by atoms with Crippen molar-refractivity contribution in [3.8, 4) is 0 Å². The van der Waals surface area contributed by atoms with Crippen LogP contribution in [0, 0.1) is 0 Å². The monoisotopic (exact) mass is 510 g/mol. The number of hydrogen-bond donors (Lipinski definition) is 0. The zero-order chi connectivity index (χ0) is 25.8. The third-order valence-electron chi connectivity index (χ3n) is 7.50. The zero-order valence-corrected chi connectivity index (χ0v) is 23.3. The van der Waals surface area contributed by atoms with Gasteiger partial charge in [-0.3, -0.25) is 9.59 Å². The topological polar surface area (TPSA) is 71.1 Å². The molecule has 0 amide bonds. The summed E-state index contributed by atoms with van der Waals surface area (Å²) >= 11 is 0. The zero-order valence-electron chi connectivity index (χ0n) is 23.3. The van der Waals surface area contributed by atoms with Crippen LogP contribution in [-0.4, -0.2) is 49.6 Å². The van der Waals surface area contributed by atoms with Crippen LogP contribution in [0.3, 0.4) is 0 Å². The fraction of sp³-hybridized carbons (Fsp3) is 0.933. The molecule has 0 aliphatic carbocycles. The van der Waals surface area contributed by atoms with Crippen molar-refractivity contribution in [2.75, 3.05) is 13.2 Å². The second-order valence-electron chi connectivity index (χ2n) is 10.8. The van der Waals surface area contributed by atoms with E-state index in [0.29, 0.717) is 26.1 Å². The SMILES string of the molecule is CCCCCCCCCCCC(=O)O[C@H]1CO[C@H]2C1OC[C@H]2OC(=O)CCCCCCCCCCC. The number of unbranched alkanes of at least 4 members (excludes halogenated alkanes) is 16. The third-order valence-corrected chi connectivity index (χ3v) is 7.50. The lowest BCUT2D eigenvalue weighted by Gasteiger charge is -2.17. The minimum absolute atomic E-state index is 0.179. The average molecular weight is 511 g/mol. The maximum absolute atomic E-state index is 12.3. The van der Waals surface area contributed by atoms with Gasteiger partial charge in [-0.15, -0.1) is 0 Å². The van der Waals surface area contributed by atoms with Crippen molar-refractivity contribution in [2.45, 2.75) is 167 Å². The standard InChI is InChI=1S/C30H54O6/c1-3-5-7-9-11-13-15-17-19-21-27(31)35-25-23-33-30-26(24-34-29(25)30)36-28(32)22-20-18-16-14-12-10-8-6-4-2/h25-26,29-30H,3-24H2,1-2H3/t25-,26+,29-,30?/m1/s1. The van der Waals surface area contributed by atoms with Gasteiger partial charge < -0.3 is 18.9 Å². The number of carbonyl (C=O) groups is 2. The van der Waals surface area contributed by atoms with E-state index in [1.807, 2.05) is 0 Å². The summed E-state index contributed by atoms with van der Waals surface area (Å²) in [6.45, 7) is 5.10. The van der Waals surface area contributed by atoms with E-state index >= 15 is 0 Å². The van der Waals surface area contributed by atoms with Crippen molar-refractivity contribution < 1.29 is 28.5 Å². The predicted octanol–water partition coefficient (Wildman–Crippen LogP) is 7.45. The maximum atomic E-state index is 12.3. The normalized spacial score (nSPS) is 23.1. The number of rotatable bonds is 22. The van der Waals surface area contributed by atoms with Gasteiger partial charge in [0.15, 0.2) is 12.2 Å². The van der Waals surface area contributed by atoms with Crippen LogP contribution in [0.1, 0.15) is 142 Å². The van der Waals surface area contributed by atoms with E-state index in [4.69, 9.17) is 18.9 Å². The number of fused-ring (bicyclic) bond motifs is 1. The lowest BCUT2D eigenvalue weighted by molar-refractivity contribution is -0.155. The summed E-state index contributed by atoms with van der Waals surface area (Å²) in [5.41, 5.74) is 0. The molecule has 0 N–H and O–H groups in total. The Hall–Kier alpha value is -1.14. The molecule has 0 aromatic rings. The van der Waals surface area contributed by atoms with E-state index in [1.165, 1.54) is 89.9 Å².